The van der Waals surface area contributed by atoms with Crippen LogP contribution in [0.25, 0.3) is 0 Å². The number of halogens is 1. The average molecular weight is 161 g/mol. The molecule has 0 amide bonds. The molecule has 0 aromatic carbocycles. The molecule has 1 atom stereocenters. The Labute approximate surface area is 65.4 Å². The zero-order valence-electron chi connectivity index (χ0n) is 5.46. The van der Waals surface area contributed by atoms with E-state index < -0.39 is 0 Å². The molecule has 0 radical (unpaired) electrons. The number of epoxide rings is 1. The summed E-state index contributed by atoms with van der Waals surface area (Å²) in [5, 5.41) is 0. The summed E-state index contributed by atoms with van der Waals surface area (Å²) >= 11 is 0. The van der Waals surface area contributed by atoms with Gasteiger partial charge < -0.3 is 17.1 Å². The number of rotatable bonds is 2. The van der Waals surface area contributed by atoms with Crippen molar-refractivity contribution in [2.24, 2.45) is 0 Å². The first-order valence-corrected chi connectivity index (χ1v) is 3.08. The van der Waals surface area contributed by atoms with E-state index in [-0.39, 0.29) is 12.4 Å². The molecule has 1 aliphatic heterocycles. The quantitative estimate of drug-likeness (QED) is 0.357. The van der Waals surface area contributed by atoms with Crippen LogP contribution in [-0.2, 0) is 11.3 Å². The first-order chi connectivity index (χ1) is 4.45. The highest BCUT2D eigenvalue weighted by Crippen LogP contribution is 2.07. The number of aromatic nitrogens is 2. The van der Waals surface area contributed by atoms with Gasteiger partial charge in [-0.15, -0.1) is 0 Å². The second kappa shape index (κ2) is 3.03. The average Bonchev–Trinajstić information content (AvgIpc) is 2.46. The highest BCUT2D eigenvalue weighted by molar-refractivity contribution is 4.64. The molecule has 2 rings (SSSR count). The van der Waals surface area contributed by atoms with E-state index in [1.807, 2.05) is 18.7 Å². The van der Waals surface area contributed by atoms with Gasteiger partial charge in [-0.25, -0.2) is 4.57 Å². The summed E-state index contributed by atoms with van der Waals surface area (Å²) in [6.45, 7) is 1.92. The van der Waals surface area contributed by atoms with Crippen molar-refractivity contribution in [2.75, 3.05) is 6.61 Å². The van der Waals surface area contributed by atoms with Crippen LogP contribution in [0.3, 0.4) is 0 Å². The van der Waals surface area contributed by atoms with Gasteiger partial charge in [0.15, 0.2) is 0 Å². The van der Waals surface area contributed by atoms with Crippen LogP contribution in [0.2, 0.25) is 0 Å². The van der Waals surface area contributed by atoms with Crippen molar-refractivity contribution < 1.29 is 21.7 Å². The monoisotopic (exact) mass is 160 g/mol. The first kappa shape index (κ1) is 7.57. The van der Waals surface area contributed by atoms with Crippen LogP contribution in [0.5, 0.6) is 0 Å². The van der Waals surface area contributed by atoms with Gasteiger partial charge in [0, 0.05) is 0 Å². The molecule has 3 nitrogen and oxygen atoms in total. The topological polar surface area (TPSA) is 32.2 Å². The Morgan fingerprint density at radius 2 is 2.50 bits per heavy atom. The zero-order chi connectivity index (χ0) is 6.10. The molecule has 1 saturated heterocycles. The summed E-state index contributed by atoms with van der Waals surface area (Å²) in [7, 11) is 0. The maximum Gasteiger partial charge on any atom is 0.241 e. The minimum absolute atomic E-state index is 0. The smallest absolute Gasteiger partial charge is 0.241 e. The van der Waals surface area contributed by atoms with Crippen molar-refractivity contribution in [1.29, 1.82) is 0 Å². The lowest BCUT2D eigenvalue weighted by atomic mass is 10.5. The highest BCUT2D eigenvalue weighted by Gasteiger charge is 2.24. The highest BCUT2D eigenvalue weighted by atomic mass is 35.5. The minimum Gasteiger partial charge on any atom is -1.00 e. The normalized spacial score (nSPS) is 21.8. The van der Waals surface area contributed by atoms with Crippen LogP contribution >= 0.6 is 0 Å². The maximum absolute atomic E-state index is 5.05. The molecule has 1 N–H and O–H groups in total. The summed E-state index contributed by atoms with van der Waals surface area (Å²) in [4.78, 5) is 2.97. The van der Waals surface area contributed by atoms with Crippen LogP contribution in [0, 0.1) is 0 Å². The van der Waals surface area contributed by atoms with E-state index in [0.29, 0.717) is 6.10 Å². The lowest BCUT2D eigenvalue weighted by Gasteiger charge is -1.85. The predicted octanol–water partition coefficient (Wildman–Crippen LogP) is -3.29. The number of nitrogens with zero attached hydrogens (tertiary/aromatic N) is 1. The zero-order valence-corrected chi connectivity index (χ0v) is 6.21. The van der Waals surface area contributed by atoms with Crippen LogP contribution in [0.1, 0.15) is 0 Å². The molecule has 4 heteroatoms. The van der Waals surface area contributed by atoms with E-state index in [1.165, 1.54) is 0 Å². The van der Waals surface area contributed by atoms with Crippen LogP contribution in [0.4, 0.5) is 0 Å². The summed E-state index contributed by atoms with van der Waals surface area (Å²) in [6.07, 6.45) is 6.32. The molecule has 1 fully saturated rings. The third kappa shape index (κ3) is 1.72. The molecule has 1 aromatic heterocycles. The molecule has 0 aliphatic carbocycles. The fraction of sp³-hybridized carbons (Fsp3) is 0.500. The second-order valence-corrected chi connectivity index (χ2v) is 2.26. The summed E-state index contributed by atoms with van der Waals surface area (Å²) in [5.41, 5.74) is 0. The number of aromatic amines is 1. The fourth-order valence-corrected chi connectivity index (χ4v) is 0.843. The number of hydrogen-bond acceptors (Lipinski definition) is 1. The lowest BCUT2D eigenvalue weighted by molar-refractivity contribution is -0.696. The van der Waals surface area contributed by atoms with E-state index in [0.717, 1.165) is 13.2 Å². The van der Waals surface area contributed by atoms with E-state index >= 15 is 0 Å². The van der Waals surface area contributed by atoms with Crippen molar-refractivity contribution >= 4 is 0 Å². The van der Waals surface area contributed by atoms with Crippen LogP contribution < -0.4 is 17.0 Å². The Hall–Kier alpha value is -0.540. The minimum atomic E-state index is 0. The number of imidazole rings is 1. The number of ether oxygens (including phenoxy) is 1. The Morgan fingerprint density at radius 3 is 3.00 bits per heavy atom. The van der Waals surface area contributed by atoms with Gasteiger partial charge in [0.2, 0.25) is 6.33 Å². The standard InChI is InChI=1S/C6H8N2O.ClH/c1-2-8(5-7-1)3-6-4-9-6;/h1-2,5-6H,3-4H2;1H. The third-order valence-electron chi connectivity index (χ3n) is 1.42. The van der Waals surface area contributed by atoms with Gasteiger partial charge in [0.05, 0.1) is 6.61 Å². The predicted molar refractivity (Wildman–Crippen MR) is 30.7 cm³/mol. The second-order valence-electron chi connectivity index (χ2n) is 2.26. The summed E-state index contributed by atoms with van der Waals surface area (Å²) in [5.74, 6) is 0. The largest absolute Gasteiger partial charge is 1.00 e. The SMILES string of the molecule is [Cl-].c1c[n+](CC2CO2)c[nH]1. The number of H-pyrrole nitrogens is 1. The Morgan fingerprint density at radius 1 is 1.70 bits per heavy atom. The maximum atomic E-state index is 5.05. The molecule has 10 heavy (non-hydrogen) atoms. The molecule has 0 saturated carbocycles. The van der Waals surface area contributed by atoms with Crippen molar-refractivity contribution in [3.05, 3.63) is 18.7 Å². The van der Waals surface area contributed by atoms with Crippen molar-refractivity contribution in [2.45, 2.75) is 12.6 Å². The van der Waals surface area contributed by atoms with Gasteiger partial charge in [-0.2, -0.15) is 0 Å². The van der Waals surface area contributed by atoms with E-state index in [1.54, 1.807) is 0 Å². The van der Waals surface area contributed by atoms with E-state index in [9.17, 15) is 0 Å². The first-order valence-electron chi connectivity index (χ1n) is 3.08. The molecule has 1 unspecified atom stereocenters. The fourth-order valence-electron chi connectivity index (χ4n) is 0.843. The molecular formula is C6H9ClN2O. The molecule has 0 spiro atoms. The number of hydrogen-bond donors (Lipinski definition) is 1. The summed E-state index contributed by atoms with van der Waals surface area (Å²) < 4.78 is 7.13. The van der Waals surface area contributed by atoms with E-state index in [2.05, 4.69) is 9.55 Å². The van der Waals surface area contributed by atoms with Crippen molar-refractivity contribution in [3.63, 3.8) is 0 Å². The van der Waals surface area contributed by atoms with Gasteiger partial charge in [-0.3, -0.25) is 4.98 Å². The van der Waals surface area contributed by atoms with Crippen LogP contribution in [0.15, 0.2) is 18.7 Å². The Balaban J connectivity index is 0.000000500. The Kier molecular flexibility index (Phi) is 2.29. The van der Waals surface area contributed by atoms with Gasteiger partial charge >= 0.3 is 0 Å². The van der Waals surface area contributed by atoms with E-state index in [4.69, 9.17) is 4.74 Å². The van der Waals surface area contributed by atoms with Crippen molar-refractivity contribution in [3.8, 4) is 0 Å². The number of nitrogens with one attached hydrogen (secondary N) is 1. The van der Waals surface area contributed by atoms with Crippen molar-refractivity contribution in [1.82, 2.24) is 4.98 Å². The van der Waals surface area contributed by atoms with Gasteiger partial charge in [0.1, 0.15) is 25.0 Å². The van der Waals surface area contributed by atoms with Gasteiger partial charge in [-0.05, 0) is 0 Å². The summed E-state index contributed by atoms with van der Waals surface area (Å²) in [6, 6.07) is 0. The molecule has 56 valence electrons. The lowest BCUT2D eigenvalue weighted by Crippen LogP contribution is -3.00. The molecule has 2 heterocycles. The molecule has 1 aliphatic rings. The Bertz CT molecular complexity index is 184. The van der Waals surface area contributed by atoms with Crippen LogP contribution in [-0.4, -0.2) is 17.7 Å². The van der Waals surface area contributed by atoms with Gasteiger partial charge in [0.25, 0.3) is 0 Å². The molecular weight excluding hydrogens is 152 g/mol. The molecule has 0 bridgehead atoms. The van der Waals surface area contributed by atoms with Gasteiger partial charge in [-0.1, -0.05) is 0 Å². The third-order valence-corrected chi connectivity index (χ3v) is 1.42. The molecule has 1 aromatic rings.